The van der Waals surface area contributed by atoms with E-state index in [0.717, 1.165) is 25.7 Å². The van der Waals surface area contributed by atoms with E-state index >= 15 is 0 Å². The van der Waals surface area contributed by atoms with Crippen molar-refractivity contribution >= 4 is 5.91 Å². The first kappa shape index (κ1) is 14.6. The summed E-state index contributed by atoms with van der Waals surface area (Å²) in [5, 5.41) is 7.40. The zero-order valence-electron chi connectivity index (χ0n) is 12.6. The van der Waals surface area contributed by atoms with Crippen LogP contribution >= 0.6 is 0 Å². The Morgan fingerprint density at radius 2 is 2.14 bits per heavy atom. The SMILES string of the molecule is COc1cnccc1C(=O)NC1CCC(n2cccn2)CC1. The van der Waals surface area contributed by atoms with E-state index in [2.05, 4.69) is 15.4 Å². The zero-order chi connectivity index (χ0) is 15.4. The van der Waals surface area contributed by atoms with Gasteiger partial charge < -0.3 is 10.1 Å². The number of rotatable bonds is 4. The van der Waals surface area contributed by atoms with Gasteiger partial charge in [-0.15, -0.1) is 0 Å². The molecule has 0 atom stereocenters. The molecule has 6 nitrogen and oxygen atoms in total. The number of pyridine rings is 1. The van der Waals surface area contributed by atoms with Crippen LogP contribution in [0.25, 0.3) is 0 Å². The summed E-state index contributed by atoms with van der Waals surface area (Å²) in [4.78, 5) is 16.3. The van der Waals surface area contributed by atoms with E-state index in [1.165, 1.54) is 0 Å². The number of carbonyl (C=O) groups is 1. The van der Waals surface area contributed by atoms with Crippen molar-refractivity contribution in [3.63, 3.8) is 0 Å². The van der Waals surface area contributed by atoms with Crippen molar-refractivity contribution in [2.75, 3.05) is 7.11 Å². The first-order valence-corrected chi connectivity index (χ1v) is 7.56. The lowest BCUT2D eigenvalue weighted by atomic mass is 9.91. The Kier molecular flexibility index (Phi) is 4.37. The van der Waals surface area contributed by atoms with Gasteiger partial charge in [0.25, 0.3) is 5.91 Å². The molecule has 6 heteroatoms. The first-order valence-electron chi connectivity index (χ1n) is 7.56. The van der Waals surface area contributed by atoms with Crippen LogP contribution in [0.4, 0.5) is 0 Å². The summed E-state index contributed by atoms with van der Waals surface area (Å²) in [7, 11) is 1.54. The number of amides is 1. The topological polar surface area (TPSA) is 69.0 Å². The van der Waals surface area contributed by atoms with Crippen molar-refractivity contribution in [2.45, 2.75) is 37.8 Å². The summed E-state index contributed by atoms with van der Waals surface area (Å²) < 4.78 is 7.20. The Morgan fingerprint density at radius 1 is 1.32 bits per heavy atom. The predicted octanol–water partition coefficient (Wildman–Crippen LogP) is 2.20. The van der Waals surface area contributed by atoms with Crippen LogP contribution in [0.3, 0.4) is 0 Å². The van der Waals surface area contributed by atoms with Crippen LogP contribution in [0.1, 0.15) is 42.1 Å². The number of hydrogen-bond donors (Lipinski definition) is 1. The van der Waals surface area contributed by atoms with Gasteiger partial charge >= 0.3 is 0 Å². The second-order valence-corrected chi connectivity index (χ2v) is 5.54. The normalized spacial score (nSPS) is 21.3. The lowest BCUT2D eigenvalue weighted by Crippen LogP contribution is -2.38. The van der Waals surface area contributed by atoms with Gasteiger partial charge in [0.1, 0.15) is 5.75 Å². The standard InChI is InChI=1S/C16H20N4O2/c1-22-15-11-17-9-7-14(15)16(21)19-12-3-5-13(6-4-12)20-10-2-8-18-20/h2,7-13H,3-6H2,1H3,(H,19,21). The smallest absolute Gasteiger partial charge is 0.255 e. The second-order valence-electron chi connectivity index (χ2n) is 5.54. The Labute approximate surface area is 129 Å². The van der Waals surface area contributed by atoms with Gasteiger partial charge in [-0.1, -0.05) is 0 Å². The number of hydrogen-bond acceptors (Lipinski definition) is 4. The molecule has 22 heavy (non-hydrogen) atoms. The summed E-state index contributed by atoms with van der Waals surface area (Å²) in [5.74, 6) is 0.409. The van der Waals surface area contributed by atoms with Gasteiger partial charge in [-0.2, -0.15) is 5.10 Å². The third kappa shape index (κ3) is 3.10. The Balaban J connectivity index is 1.57. The van der Waals surface area contributed by atoms with E-state index in [4.69, 9.17) is 4.74 Å². The monoisotopic (exact) mass is 300 g/mol. The number of nitrogens with zero attached hydrogens (tertiary/aromatic N) is 3. The quantitative estimate of drug-likeness (QED) is 0.940. The second kappa shape index (κ2) is 6.60. The molecule has 2 aromatic heterocycles. The molecule has 1 saturated carbocycles. The fraction of sp³-hybridized carbons (Fsp3) is 0.438. The average Bonchev–Trinajstić information content (AvgIpc) is 3.10. The molecule has 0 saturated heterocycles. The highest BCUT2D eigenvalue weighted by Crippen LogP contribution is 2.28. The lowest BCUT2D eigenvalue weighted by Gasteiger charge is -2.29. The van der Waals surface area contributed by atoms with Crippen LogP contribution in [0.15, 0.2) is 36.9 Å². The molecule has 1 fully saturated rings. The number of aromatic nitrogens is 3. The molecule has 0 bridgehead atoms. The minimum atomic E-state index is -0.0956. The minimum absolute atomic E-state index is 0.0956. The van der Waals surface area contributed by atoms with Crippen LogP contribution in [0, 0.1) is 0 Å². The molecule has 1 aliphatic rings. The fourth-order valence-corrected chi connectivity index (χ4v) is 2.97. The molecule has 116 valence electrons. The molecular weight excluding hydrogens is 280 g/mol. The molecule has 0 aromatic carbocycles. The number of carbonyl (C=O) groups excluding carboxylic acids is 1. The highest BCUT2D eigenvalue weighted by Gasteiger charge is 2.24. The molecule has 0 radical (unpaired) electrons. The Hall–Kier alpha value is -2.37. The summed E-state index contributed by atoms with van der Waals surface area (Å²) in [5.41, 5.74) is 0.534. The number of ether oxygens (including phenoxy) is 1. The highest BCUT2D eigenvalue weighted by atomic mass is 16.5. The Morgan fingerprint density at radius 3 is 2.82 bits per heavy atom. The maximum Gasteiger partial charge on any atom is 0.255 e. The summed E-state index contributed by atoms with van der Waals surface area (Å²) >= 11 is 0. The van der Waals surface area contributed by atoms with Crippen molar-refractivity contribution < 1.29 is 9.53 Å². The summed E-state index contributed by atoms with van der Waals surface area (Å²) in [6.45, 7) is 0. The van der Waals surface area contributed by atoms with Crippen molar-refractivity contribution in [3.05, 3.63) is 42.5 Å². The maximum atomic E-state index is 12.4. The molecule has 0 unspecified atom stereocenters. The predicted molar refractivity (Wildman–Crippen MR) is 81.8 cm³/mol. The van der Waals surface area contributed by atoms with Gasteiger partial charge in [-0.05, 0) is 37.8 Å². The molecule has 0 aliphatic heterocycles. The largest absolute Gasteiger partial charge is 0.494 e. The van der Waals surface area contributed by atoms with E-state index in [0.29, 0.717) is 17.4 Å². The van der Waals surface area contributed by atoms with Gasteiger partial charge in [0.15, 0.2) is 0 Å². The zero-order valence-corrected chi connectivity index (χ0v) is 12.6. The van der Waals surface area contributed by atoms with Crippen molar-refractivity contribution in [1.82, 2.24) is 20.1 Å². The van der Waals surface area contributed by atoms with Crippen molar-refractivity contribution in [3.8, 4) is 5.75 Å². The first-order chi connectivity index (χ1) is 10.8. The third-order valence-electron chi connectivity index (χ3n) is 4.18. The molecule has 3 rings (SSSR count). The van der Waals surface area contributed by atoms with E-state index in [-0.39, 0.29) is 11.9 Å². The van der Waals surface area contributed by atoms with E-state index in [9.17, 15) is 4.79 Å². The Bertz CT molecular complexity index is 619. The molecule has 1 aliphatic carbocycles. The minimum Gasteiger partial charge on any atom is -0.494 e. The maximum absolute atomic E-state index is 12.4. The fourth-order valence-electron chi connectivity index (χ4n) is 2.97. The molecule has 2 heterocycles. The van der Waals surface area contributed by atoms with Crippen LogP contribution in [-0.2, 0) is 0 Å². The van der Waals surface area contributed by atoms with Crippen LogP contribution in [0.5, 0.6) is 5.75 Å². The molecule has 1 N–H and O–H groups in total. The highest BCUT2D eigenvalue weighted by molar-refractivity contribution is 5.96. The van der Waals surface area contributed by atoms with Crippen LogP contribution in [-0.4, -0.2) is 33.8 Å². The average molecular weight is 300 g/mol. The van der Waals surface area contributed by atoms with Gasteiger partial charge in [0.2, 0.25) is 0 Å². The van der Waals surface area contributed by atoms with Crippen LogP contribution in [0.2, 0.25) is 0 Å². The van der Waals surface area contributed by atoms with Gasteiger partial charge in [0, 0.05) is 24.6 Å². The van der Waals surface area contributed by atoms with Gasteiger partial charge in [-0.3, -0.25) is 14.5 Å². The van der Waals surface area contributed by atoms with Crippen molar-refractivity contribution in [1.29, 1.82) is 0 Å². The van der Waals surface area contributed by atoms with Crippen molar-refractivity contribution in [2.24, 2.45) is 0 Å². The molecule has 0 spiro atoms. The van der Waals surface area contributed by atoms with Gasteiger partial charge in [0.05, 0.1) is 24.9 Å². The molecular formula is C16H20N4O2. The van der Waals surface area contributed by atoms with Crippen LogP contribution < -0.4 is 10.1 Å². The van der Waals surface area contributed by atoms with Gasteiger partial charge in [-0.25, -0.2) is 0 Å². The summed E-state index contributed by atoms with van der Waals surface area (Å²) in [6.07, 6.45) is 11.0. The van der Waals surface area contributed by atoms with E-state index in [1.54, 1.807) is 25.6 Å². The number of nitrogens with one attached hydrogen (secondary N) is 1. The third-order valence-corrected chi connectivity index (χ3v) is 4.18. The molecule has 2 aromatic rings. The number of methoxy groups -OCH3 is 1. The lowest BCUT2D eigenvalue weighted by molar-refractivity contribution is 0.0918. The van der Waals surface area contributed by atoms with E-state index < -0.39 is 0 Å². The molecule has 1 amide bonds. The summed E-state index contributed by atoms with van der Waals surface area (Å²) in [6, 6.07) is 4.28. The van der Waals surface area contributed by atoms with E-state index in [1.807, 2.05) is 23.1 Å².